The highest BCUT2D eigenvalue weighted by atomic mass is 35.5. The maximum absolute atomic E-state index is 10.8. The number of carbonyl (C=O) groups is 1. The summed E-state index contributed by atoms with van der Waals surface area (Å²) in [5, 5.41) is 15.5. The summed E-state index contributed by atoms with van der Waals surface area (Å²) < 4.78 is 0. The lowest BCUT2D eigenvalue weighted by atomic mass is 10.2. The Hall–Kier alpha value is -1.30. The van der Waals surface area contributed by atoms with Crippen LogP contribution in [0.4, 0.5) is 5.13 Å². The van der Waals surface area contributed by atoms with Crippen molar-refractivity contribution in [2.75, 3.05) is 5.32 Å². The molecule has 1 aromatic carbocycles. The van der Waals surface area contributed by atoms with Crippen LogP contribution >= 0.6 is 34.5 Å². The second-order valence-corrected chi connectivity index (χ2v) is 5.65. The summed E-state index contributed by atoms with van der Waals surface area (Å²) in [6.07, 6.45) is 0. The minimum atomic E-state index is -1.22. The molecule has 1 N–H and O–H groups in total. The Morgan fingerprint density at radius 1 is 1.47 bits per heavy atom. The number of hydrogen-bond acceptors (Lipinski definition) is 5. The fourth-order valence-electron chi connectivity index (χ4n) is 1.50. The number of anilines is 1. The molecular formula is C12H9Cl2N2O2S-. The summed E-state index contributed by atoms with van der Waals surface area (Å²) >= 11 is 12.9. The van der Waals surface area contributed by atoms with Gasteiger partial charge in [-0.1, -0.05) is 40.6 Å². The van der Waals surface area contributed by atoms with Crippen molar-refractivity contribution < 1.29 is 9.90 Å². The molecular weight excluding hydrogens is 307 g/mol. The fourth-order valence-corrected chi connectivity index (χ4v) is 2.77. The maximum atomic E-state index is 10.8. The van der Waals surface area contributed by atoms with Gasteiger partial charge in [-0.05, 0) is 24.6 Å². The predicted molar refractivity (Wildman–Crippen MR) is 75.0 cm³/mol. The normalized spacial score (nSPS) is 10.5. The molecule has 0 spiro atoms. The van der Waals surface area contributed by atoms with Crippen LogP contribution in [-0.2, 0) is 6.54 Å². The lowest BCUT2D eigenvalue weighted by molar-refractivity contribution is -0.254. The van der Waals surface area contributed by atoms with Crippen molar-refractivity contribution in [3.63, 3.8) is 0 Å². The van der Waals surface area contributed by atoms with E-state index in [4.69, 9.17) is 23.2 Å². The van der Waals surface area contributed by atoms with E-state index in [0.29, 0.717) is 27.4 Å². The number of aromatic carboxylic acids is 1. The van der Waals surface area contributed by atoms with Gasteiger partial charge >= 0.3 is 0 Å². The first-order valence-electron chi connectivity index (χ1n) is 5.34. The largest absolute Gasteiger partial charge is 0.544 e. The molecule has 0 saturated heterocycles. The first-order valence-corrected chi connectivity index (χ1v) is 6.91. The van der Waals surface area contributed by atoms with E-state index in [2.05, 4.69) is 10.3 Å². The van der Waals surface area contributed by atoms with E-state index >= 15 is 0 Å². The molecule has 2 aromatic rings. The summed E-state index contributed by atoms with van der Waals surface area (Å²) in [6.45, 7) is 2.07. The molecule has 0 aliphatic carbocycles. The molecule has 0 bridgehead atoms. The molecule has 100 valence electrons. The van der Waals surface area contributed by atoms with Crippen molar-refractivity contribution in [1.82, 2.24) is 4.98 Å². The minimum absolute atomic E-state index is 0.129. The molecule has 2 rings (SSSR count). The Kier molecular flexibility index (Phi) is 4.29. The molecule has 0 saturated carbocycles. The summed E-state index contributed by atoms with van der Waals surface area (Å²) in [4.78, 5) is 15.0. The first kappa shape index (κ1) is 14.1. The van der Waals surface area contributed by atoms with Crippen LogP contribution < -0.4 is 10.4 Å². The number of hydrogen-bond donors (Lipinski definition) is 1. The van der Waals surface area contributed by atoms with Gasteiger partial charge in [0, 0.05) is 16.6 Å². The van der Waals surface area contributed by atoms with Gasteiger partial charge in [-0.25, -0.2) is 4.98 Å². The average Bonchev–Trinajstić information content (AvgIpc) is 2.69. The van der Waals surface area contributed by atoms with Gasteiger partial charge in [0.15, 0.2) is 5.13 Å². The van der Waals surface area contributed by atoms with E-state index in [9.17, 15) is 9.90 Å². The van der Waals surface area contributed by atoms with Crippen molar-refractivity contribution in [3.05, 3.63) is 44.4 Å². The summed E-state index contributed by atoms with van der Waals surface area (Å²) in [5.41, 5.74) is 1.30. The Labute approximate surface area is 124 Å². The standard InChI is InChI=1S/C12H10Cl2N2O2S/c1-6-10(11(17)18)19-12(16-6)15-5-7-2-3-8(13)4-9(7)14/h2-4H,5H2,1H3,(H,15,16)(H,17,18)/p-1. The summed E-state index contributed by atoms with van der Waals surface area (Å²) in [6, 6.07) is 5.20. The number of halogens is 2. The van der Waals surface area contributed by atoms with Crippen LogP contribution in [0, 0.1) is 6.92 Å². The van der Waals surface area contributed by atoms with E-state index in [0.717, 1.165) is 16.9 Å². The van der Waals surface area contributed by atoms with E-state index in [1.807, 2.05) is 0 Å². The minimum Gasteiger partial charge on any atom is -0.544 e. The number of carbonyl (C=O) groups excluding carboxylic acids is 1. The lowest BCUT2D eigenvalue weighted by Gasteiger charge is -2.05. The molecule has 0 unspecified atom stereocenters. The van der Waals surface area contributed by atoms with E-state index < -0.39 is 5.97 Å². The van der Waals surface area contributed by atoms with Gasteiger partial charge < -0.3 is 15.2 Å². The second kappa shape index (κ2) is 5.77. The SMILES string of the molecule is Cc1nc(NCc2ccc(Cl)cc2Cl)sc1C(=O)[O-]. The van der Waals surface area contributed by atoms with Crippen molar-refractivity contribution in [2.45, 2.75) is 13.5 Å². The number of carboxylic acids is 1. The van der Waals surface area contributed by atoms with Gasteiger partial charge in [-0.15, -0.1) is 0 Å². The lowest BCUT2D eigenvalue weighted by Crippen LogP contribution is -2.21. The number of carboxylic acid groups (broad SMARTS) is 1. The molecule has 19 heavy (non-hydrogen) atoms. The van der Waals surface area contributed by atoms with Gasteiger partial charge in [0.05, 0.1) is 16.5 Å². The van der Waals surface area contributed by atoms with Crippen molar-refractivity contribution in [1.29, 1.82) is 0 Å². The molecule has 0 aliphatic rings. The molecule has 0 atom stereocenters. The first-order chi connectivity index (χ1) is 8.97. The fraction of sp³-hybridized carbons (Fsp3) is 0.167. The molecule has 1 heterocycles. The zero-order chi connectivity index (χ0) is 14.0. The smallest absolute Gasteiger partial charge is 0.183 e. The van der Waals surface area contributed by atoms with Crippen LogP contribution in [0.15, 0.2) is 18.2 Å². The van der Waals surface area contributed by atoms with Crippen LogP contribution in [0.2, 0.25) is 10.0 Å². The van der Waals surface area contributed by atoms with Crippen LogP contribution in [0.25, 0.3) is 0 Å². The molecule has 1 aromatic heterocycles. The van der Waals surface area contributed by atoms with Crippen molar-refractivity contribution in [2.24, 2.45) is 0 Å². The number of benzene rings is 1. The van der Waals surface area contributed by atoms with E-state index in [-0.39, 0.29) is 4.88 Å². The molecule has 0 amide bonds. The average molecular weight is 316 g/mol. The van der Waals surface area contributed by atoms with Gasteiger partial charge in [-0.2, -0.15) is 0 Å². The quantitative estimate of drug-likeness (QED) is 0.942. The van der Waals surface area contributed by atoms with Crippen molar-refractivity contribution in [3.8, 4) is 0 Å². The van der Waals surface area contributed by atoms with Gasteiger partial charge in [0.2, 0.25) is 0 Å². The zero-order valence-corrected chi connectivity index (χ0v) is 12.2. The van der Waals surface area contributed by atoms with Crippen molar-refractivity contribution >= 4 is 45.6 Å². The highest BCUT2D eigenvalue weighted by Gasteiger charge is 2.08. The second-order valence-electron chi connectivity index (χ2n) is 3.81. The highest BCUT2D eigenvalue weighted by molar-refractivity contribution is 7.17. The predicted octanol–water partition coefficient (Wildman–Crippen LogP) is 2.73. The Balaban J connectivity index is 2.10. The number of nitrogens with one attached hydrogen (secondary N) is 1. The Morgan fingerprint density at radius 3 is 2.79 bits per heavy atom. The van der Waals surface area contributed by atoms with Gasteiger partial charge in [-0.3, -0.25) is 0 Å². The molecule has 0 fully saturated rings. The number of aryl methyl sites for hydroxylation is 1. The molecule has 0 aliphatic heterocycles. The number of nitrogens with zero attached hydrogens (tertiary/aromatic N) is 1. The Morgan fingerprint density at radius 2 is 2.21 bits per heavy atom. The number of thiazole rings is 1. The molecule has 0 radical (unpaired) electrons. The van der Waals surface area contributed by atoms with Crippen LogP contribution in [0.3, 0.4) is 0 Å². The monoisotopic (exact) mass is 315 g/mol. The third-order valence-corrected chi connectivity index (χ3v) is 4.11. The van der Waals surface area contributed by atoms with Crippen LogP contribution in [0.1, 0.15) is 20.9 Å². The third-order valence-electron chi connectivity index (χ3n) is 2.43. The Bertz CT molecular complexity index is 628. The maximum Gasteiger partial charge on any atom is 0.183 e. The number of aromatic nitrogens is 1. The zero-order valence-electron chi connectivity index (χ0n) is 9.87. The topological polar surface area (TPSA) is 65.0 Å². The molecule has 7 heteroatoms. The van der Waals surface area contributed by atoms with Gasteiger partial charge in [0.25, 0.3) is 0 Å². The third kappa shape index (κ3) is 3.37. The number of rotatable bonds is 4. The van der Waals surface area contributed by atoms with Crippen LogP contribution in [-0.4, -0.2) is 11.0 Å². The van der Waals surface area contributed by atoms with Crippen LogP contribution in [0.5, 0.6) is 0 Å². The van der Waals surface area contributed by atoms with E-state index in [1.54, 1.807) is 25.1 Å². The van der Waals surface area contributed by atoms with Gasteiger partial charge in [0.1, 0.15) is 0 Å². The molecule has 4 nitrogen and oxygen atoms in total. The highest BCUT2D eigenvalue weighted by Crippen LogP contribution is 2.25. The summed E-state index contributed by atoms with van der Waals surface area (Å²) in [5.74, 6) is -1.22. The summed E-state index contributed by atoms with van der Waals surface area (Å²) in [7, 11) is 0. The van der Waals surface area contributed by atoms with E-state index in [1.165, 1.54) is 0 Å².